The summed E-state index contributed by atoms with van der Waals surface area (Å²) in [6.07, 6.45) is 1.72. The summed E-state index contributed by atoms with van der Waals surface area (Å²) >= 11 is 5.86. The van der Waals surface area contributed by atoms with Gasteiger partial charge in [0, 0.05) is 22.8 Å². The van der Waals surface area contributed by atoms with Crippen molar-refractivity contribution in [3.63, 3.8) is 0 Å². The fourth-order valence-corrected chi connectivity index (χ4v) is 3.11. The number of hydrogen-bond donors (Lipinski definition) is 2. The van der Waals surface area contributed by atoms with E-state index in [0.29, 0.717) is 18.1 Å². The SMILES string of the molecule is CN(CCCc1cc(-c2ccc(F)cc2)n[nH]1)CC(=O)NCc1ccc(Cl)cc1. The van der Waals surface area contributed by atoms with Crippen molar-refractivity contribution in [2.24, 2.45) is 0 Å². The van der Waals surface area contributed by atoms with Crippen LogP contribution in [0, 0.1) is 5.82 Å². The normalized spacial score (nSPS) is 11.0. The minimum Gasteiger partial charge on any atom is -0.351 e. The Labute approximate surface area is 174 Å². The Morgan fingerprint density at radius 3 is 2.62 bits per heavy atom. The summed E-state index contributed by atoms with van der Waals surface area (Å²) in [5, 5.41) is 10.9. The molecule has 0 unspecified atom stereocenters. The lowest BCUT2D eigenvalue weighted by molar-refractivity contribution is -0.122. The maximum Gasteiger partial charge on any atom is 0.234 e. The average Bonchev–Trinajstić information content (AvgIpc) is 3.17. The number of benzene rings is 2. The highest BCUT2D eigenvalue weighted by molar-refractivity contribution is 6.30. The van der Waals surface area contributed by atoms with Crippen LogP contribution in [0.5, 0.6) is 0 Å². The zero-order valence-electron chi connectivity index (χ0n) is 16.3. The molecule has 1 heterocycles. The summed E-state index contributed by atoms with van der Waals surface area (Å²) < 4.78 is 13.0. The van der Waals surface area contributed by atoms with Crippen LogP contribution in [-0.2, 0) is 17.8 Å². The van der Waals surface area contributed by atoms with Crippen molar-refractivity contribution in [2.45, 2.75) is 19.4 Å². The summed E-state index contributed by atoms with van der Waals surface area (Å²) in [5.41, 5.74) is 3.71. The Hall–Kier alpha value is -2.70. The predicted molar refractivity (Wildman–Crippen MR) is 113 cm³/mol. The van der Waals surface area contributed by atoms with E-state index in [0.717, 1.165) is 41.9 Å². The number of amides is 1. The minimum absolute atomic E-state index is 0.0115. The highest BCUT2D eigenvalue weighted by atomic mass is 35.5. The van der Waals surface area contributed by atoms with E-state index >= 15 is 0 Å². The number of hydrogen-bond acceptors (Lipinski definition) is 3. The number of aryl methyl sites for hydroxylation is 1. The second-order valence-electron chi connectivity index (χ2n) is 7.03. The van der Waals surface area contributed by atoms with E-state index in [2.05, 4.69) is 15.5 Å². The van der Waals surface area contributed by atoms with Crippen molar-refractivity contribution in [3.05, 3.63) is 76.7 Å². The standard InChI is InChI=1S/C22H24ClFN4O/c1-28(15-22(29)25-14-16-4-8-18(23)9-5-16)12-2-3-20-13-21(27-26-20)17-6-10-19(24)11-7-17/h4-11,13H,2-3,12,14-15H2,1H3,(H,25,29)(H,26,27). The fraction of sp³-hybridized carbons (Fsp3) is 0.273. The number of rotatable bonds is 9. The number of carbonyl (C=O) groups is 1. The molecular formula is C22H24ClFN4O. The van der Waals surface area contributed by atoms with Crippen LogP contribution in [-0.4, -0.2) is 41.1 Å². The van der Waals surface area contributed by atoms with Gasteiger partial charge in [0.2, 0.25) is 5.91 Å². The molecule has 152 valence electrons. The molecule has 0 aliphatic heterocycles. The van der Waals surface area contributed by atoms with Gasteiger partial charge in [0.15, 0.2) is 0 Å². The topological polar surface area (TPSA) is 61.0 Å². The molecule has 7 heteroatoms. The Bertz CT molecular complexity index is 925. The molecule has 1 aromatic heterocycles. The molecule has 3 rings (SSSR count). The fourth-order valence-electron chi connectivity index (χ4n) is 2.98. The van der Waals surface area contributed by atoms with Crippen LogP contribution in [0.3, 0.4) is 0 Å². The van der Waals surface area contributed by atoms with Gasteiger partial charge in [-0.1, -0.05) is 23.7 Å². The van der Waals surface area contributed by atoms with Crippen molar-refractivity contribution in [2.75, 3.05) is 20.1 Å². The first-order chi connectivity index (χ1) is 14.0. The molecule has 2 aromatic carbocycles. The molecule has 0 aliphatic rings. The average molecular weight is 415 g/mol. The van der Waals surface area contributed by atoms with Crippen LogP contribution in [0.25, 0.3) is 11.3 Å². The van der Waals surface area contributed by atoms with Gasteiger partial charge in [-0.3, -0.25) is 14.8 Å². The minimum atomic E-state index is -0.259. The van der Waals surface area contributed by atoms with Gasteiger partial charge in [-0.2, -0.15) is 5.10 Å². The van der Waals surface area contributed by atoms with E-state index < -0.39 is 0 Å². The lowest BCUT2D eigenvalue weighted by Crippen LogP contribution is -2.35. The summed E-state index contributed by atoms with van der Waals surface area (Å²) in [6, 6.07) is 15.7. The van der Waals surface area contributed by atoms with Crippen molar-refractivity contribution in [1.29, 1.82) is 0 Å². The van der Waals surface area contributed by atoms with Gasteiger partial charge in [-0.15, -0.1) is 0 Å². The van der Waals surface area contributed by atoms with E-state index in [4.69, 9.17) is 11.6 Å². The largest absolute Gasteiger partial charge is 0.351 e. The molecule has 3 aromatic rings. The van der Waals surface area contributed by atoms with E-state index in [1.807, 2.05) is 42.3 Å². The molecule has 0 spiro atoms. The Balaban J connectivity index is 1.37. The van der Waals surface area contributed by atoms with Crippen LogP contribution < -0.4 is 5.32 Å². The van der Waals surface area contributed by atoms with Crippen LogP contribution in [0.2, 0.25) is 5.02 Å². The number of likely N-dealkylation sites (N-methyl/N-ethyl adjacent to an activating group) is 1. The number of aromatic nitrogens is 2. The summed E-state index contributed by atoms with van der Waals surface area (Å²) in [7, 11) is 1.93. The monoisotopic (exact) mass is 414 g/mol. The third-order valence-corrected chi connectivity index (χ3v) is 4.83. The highest BCUT2D eigenvalue weighted by Gasteiger charge is 2.08. The van der Waals surface area contributed by atoms with Crippen molar-refractivity contribution < 1.29 is 9.18 Å². The molecule has 29 heavy (non-hydrogen) atoms. The maximum atomic E-state index is 13.0. The van der Waals surface area contributed by atoms with Crippen LogP contribution >= 0.6 is 11.6 Å². The Kier molecular flexibility index (Phi) is 7.38. The number of nitrogens with one attached hydrogen (secondary N) is 2. The molecule has 0 saturated heterocycles. The number of halogens is 2. The molecule has 0 atom stereocenters. The molecule has 0 radical (unpaired) electrons. The lowest BCUT2D eigenvalue weighted by Gasteiger charge is -2.16. The number of aromatic amines is 1. The Morgan fingerprint density at radius 1 is 1.17 bits per heavy atom. The number of nitrogens with zero attached hydrogens (tertiary/aromatic N) is 2. The van der Waals surface area contributed by atoms with Gasteiger partial charge in [0.05, 0.1) is 12.2 Å². The summed E-state index contributed by atoms with van der Waals surface area (Å²) in [6.45, 7) is 1.63. The smallest absolute Gasteiger partial charge is 0.234 e. The van der Waals surface area contributed by atoms with Crippen LogP contribution in [0.1, 0.15) is 17.7 Å². The lowest BCUT2D eigenvalue weighted by atomic mass is 10.1. The number of H-pyrrole nitrogens is 1. The molecule has 1 amide bonds. The van der Waals surface area contributed by atoms with E-state index in [1.165, 1.54) is 12.1 Å². The first-order valence-corrected chi connectivity index (χ1v) is 9.87. The van der Waals surface area contributed by atoms with Gasteiger partial charge in [0.25, 0.3) is 0 Å². The van der Waals surface area contributed by atoms with Crippen LogP contribution in [0.15, 0.2) is 54.6 Å². The summed E-state index contributed by atoms with van der Waals surface area (Å²) in [5.74, 6) is -0.271. The third kappa shape index (κ3) is 6.69. The molecule has 0 fully saturated rings. The first-order valence-electron chi connectivity index (χ1n) is 9.49. The quantitative estimate of drug-likeness (QED) is 0.555. The maximum absolute atomic E-state index is 13.0. The molecule has 0 saturated carbocycles. The molecule has 5 nitrogen and oxygen atoms in total. The number of carbonyl (C=O) groups excluding carboxylic acids is 1. The first kappa shape index (κ1) is 21.0. The van der Waals surface area contributed by atoms with Crippen LogP contribution in [0.4, 0.5) is 4.39 Å². The van der Waals surface area contributed by atoms with Crippen molar-refractivity contribution in [3.8, 4) is 11.3 Å². The van der Waals surface area contributed by atoms with Gasteiger partial charge in [-0.25, -0.2) is 4.39 Å². The van der Waals surface area contributed by atoms with E-state index in [-0.39, 0.29) is 11.7 Å². The molecule has 2 N–H and O–H groups in total. The highest BCUT2D eigenvalue weighted by Crippen LogP contribution is 2.18. The van der Waals surface area contributed by atoms with Gasteiger partial charge in [-0.05, 0) is 74.5 Å². The van der Waals surface area contributed by atoms with Gasteiger partial charge < -0.3 is 5.32 Å². The Morgan fingerprint density at radius 2 is 1.90 bits per heavy atom. The van der Waals surface area contributed by atoms with Gasteiger partial charge >= 0.3 is 0 Å². The van der Waals surface area contributed by atoms with E-state index in [9.17, 15) is 9.18 Å². The zero-order valence-corrected chi connectivity index (χ0v) is 17.0. The molecule has 0 bridgehead atoms. The molecule has 0 aliphatic carbocycles. The van der Waals surface area contributed by atoms with Crippen molar-refractivity contribution in [1.82, 2.24) is 20.4 Å². The zero-order chi connectivity index (χ0) is 20.6. The molecular weight excluding hydrogens is 391 g/mol. The summed E-state index contributed by atoms with van der Waals surface area (Å²) in [4.78, 5) is 14.1. The third-order valence-electron chi connectivity index (χ3n) is 4.57. The second-order valence-corrected chi connectivity index (χ2v) is 7.47. The van der Waals surface area contributed by atoms with E-state index in [1.54, 1.807) is 12.1 Å². The van der Waals surface area contributed by atoms with Crippen molar-refractivity contribution >= 4 is 17.5 Å². The second kappa shape index (κ2) is 10.2. The van der Waals surface area contributed by atoms with Gasteiger partial charge in [0.1, 0.15) is 5.82 Å². The predicted octanol–water partition coefficient (Wildman–Crippen LogP) is 4.05.